The Morgan fingerprint density at radius 1 is 1.57 bits per heavy atom. The van der Waals surface area contributed by atoms with E-state index in [4.69, 9.17) is 5.73 Å². The molecule has 118 valence electrons. The summed E-state index contributed by atoms with van der Waals surface area (Å²) in [5.41, 5.74) is 6.01. The molecule has 1 aromatic heterocycles. The number of rotatable bonds is 6. The number of nitrogens with zero attached hydrogens (tertiary/aromatic N) is 2. The molecular formula is C15H26N4OS. The molecule has 0 aromatic carbocycles. The van der Waals surface area contributed by atoms with Crippen LogP contribution in [0.15, 0.2) is 5.38 Å². The van der Waals surface area contributed by atoms with Crippen molar-refractivity contribution in [2.45, 2.75) is 39.2 Å². The van der Waals surface area contributed by atoms with Crippen molar-refractivity contribution >= 4 is 17.2 Å². The minimum Gasteiger partial charge on any atom is -0.349 e. The molecule has 1 aliphatic heterocycles. The van der Waals surface area contributed by atoms with Gasteiger partial charge in [-0.25, -0.2) is 4.98 Å². The second kappa shape index (κ2) is 7.87. The summed E-state index contributed by atoms with van der Waals surface area (Å²) in [7, 11) is 0. The van der Waals surface area contributed by atoms with Crippen LogP contribution in [0.3, 0.4) is 0 Å². The van der Waals surface area contributed by atoms with E-state index in [1.165, 1.54) is 24.2 Å². The molecular weight excluding hydrogens is 284 g/mol. The first-order chi connectivity index (χ1) is 10.1. The van der Waals surface area contributed by atoms with Crippen LogP contribution in [-0.2, 0) is 6.42 Å². The Balaban J connectivity index is 1.77. The van der Waals surface area contributed by atoms with Crippen LogP contribution in [-0.4, -0.2) is 48.0 Å². The highest BCUT2D eigenvalue weighted by Gasteiger charge is 2.21. The van der Waals surface area contributed by atoms with Gasteiger partial charge in [-0.05, 0) is 45.3 Å². The number of amides is 1. The van der Waals surface area contributed by atoms with E-state index in [0.29, 0.717) is 24.8 Å². The summed E-state index contributed by atoms with van der Waals surface area (Å²) in [6, 6.07) is 0.378. The van der Waals surface area contributed by atoms with Gasteiger partial charge in [-0.15, -0.1) is 11.3 Å². The lowest BCUT2D eigenvalue weighted by Gasteiger charge is -2.34. The highest BCUT2D eigenvalue weighted by Crippen LogP contribution is 2.17. The molecule has 21 heavy (non-hydrogen) atoms. The third kappa shape index (κ3) is 4.76. The Bertz CT molecular complexity index is 454. The molecule has 5 nitrogen and oxygen atoms in total. The average molecular weight is 310 g/mol. The van der Waals surface area contributed by atoms with Gasteiger partial charge in [0.05, 0.1) is 5.01 Å². The van der Waals surface area contributed by atoms with Crippen LogP contribution in [0.2, 0.25) is 0 Å². The summed E-state index contributed by atoms with van der Waals surface area (Å²) in [6.07, 6.45) is 3.25. The van der Waals surface area contributed by atoms with Gasteiger partial charge in [-0.1, -0.05) is 6.92 Å². The molecule has 1 fully saturated rings. The summed E-state index contributed by atoms with van der Waals surface area (Å²) < 4.78 is 0. The minimum absolute atomic E-state index is 0.0771. The Kier molecular flexibility index (Phi) is 6.14. The van der Waals surface area contributed by atoms with E-state index in [0.717, 1.165) is 30.4 Å². The summed E-state index contributed by atoms with van der Waals surface area (Å²) in [5.74, 6) is 0.755. The lowest BCUT2D eigenvalue weighted by Crippen LogP contribution is -2.45. The van der Waals surface area contributed by atoms with Crippen molar-refractivity contribution in [3.05, 3.63) is 16.1 Å². The number of nitrogens with one attached hydrogen (secondary N) is 1. The van der Waals surface area contributed by atoms with E-state index in [-0.39, 0.29) is 5.91 Å². The van der Waals surface area contributed by atoms with Gasteiger partial charge in [-0.2, -0.15) is 0 Å². The van der Waals surface area contributed by atoms with Crippen LogP contribution in [0.5, 0.6) is 0 Å². The van der Waals surface area contributed by atoms with E-state index >= 15 is 0 Å². The number of nitrogens with two attached hydrogens (primary N) is 1. The smallest absolute Gasteiger partial charge is 0.270 e. The first-order valence-corrected chi connectivity index (χ1v) is 8.64. The van der Waals surface area contributed by atoms with Crippen LogP contribution in [0.4, 0.5) is 0 Å². The molecule has 0 bridgehead atoms. The fourth-order valence-electron chi connectivity index (χ4n) is 2.58. The predicted molar refractivity (Wildman–Crippen MR) is 86.6 cm³/mol. The van der Waals surface area contributed by atoms with Crippen molar-refractivity contribution < 1.29 is 4.79 Å². The number of hydrogen-bond donors (Lipinski definition) is 2. The average Bonchev–Trinajstić information content (AvgIpc) is 2.94. The van der Waals surface area contributed by atoms with Gasteiger partial charge in [0.25, 0.3) is 5.91 Å². The standard InChI is InChI=1S/C15H26N4OS/c1-11-4-7-19(8-5-11)12(2)9-17-15(20)13-10-21-14(18-13)3-6-16/h10-12H,3-9,16H2,1-2H3,(H,17,20). The minimum atomic E-state index is -0.0771. The Labute approximate surface area is 130 Å². The monoisotopic (exact) mass is 310 g/mol. The Hall–Kier alpha value is -0.980. The largest absolute Gasteiger partial charge is 0.349 e. The summed E-state index contributed by atoms with van der Waals surface area (Å²) in [4.78, 5) is 18.9. The summed E-state index contributed by atoms with van der Waals surface area (Å²) in [6.45, 7) is 8.00. The van der Waals surface area contributed by atoms with E-state index in [1.807, 2.05) is 5.38 Å². The predicted octanol–water partition coefficient (Wildman–Crippen LogP) is 1.49. The molecule has 1 aliphatic rings. The number of thiazole rings is 1. The van der Waals surface area contributed by atoms with Crippen molar-refractivity contribution in [3.63, 3.8) is 0 Å². The molecule has 1 aromatic rings. The molecule has 1 unspecified atom stereocenters. The van der Waals surface area contributed by atoms with Gasteiger partial charge in [0.15, 0.2) is 0 Å². The van der Waals surface area contributed by atoms with Gasteiger partial charge in [0.2, 0.25) is 0 Å². The lowest BCUT2D eigenvalue weighted by molar-refractivity contribution is 0.0917. The van der Waals surface area contributed by atoms with Crippen LogP contribution >= 0.6 is 11.3 Å². The van der Waals surface area contributed by atoms with E-state index in [2.05, 4.69) is 29.0 Å². The molecule has 1 amide bonds. The fourth-order valence-corrected chi connectivity index (χ4v) is 3.38. The van der Waals surface area contributed by atoms with Gasteiger partial charge in [-0.3, -0.25) is 9.69 Å². The SMILES string of the molecule is CC1CCN(C(C)CNC(=O)c2csc(CCN)n2)CC1. The van der Waals surface area contributed by atoms with Gasteiger partial charge >= 0.3 is 0 Å². The maximum absolute atomic E-state index is 12.1. The number of piperidine rings is 1. The zero-order chi connectivity index (χ0) is 15.2. The van der Waals surface area contributed by atoms with Gasteiger partial charge in [0, 0.05) is 24.4 Å². The molecule has 0 radical (unpaired) electrons. The summed E-state index contributed by atoms with van der Waals surface area (Å²) in [5, 5.41) is 5.74. The fraction of sp³-hybridized carbons (Fsp3) is 0.733. The third-order valence-corrected chi connectivity index (χ3v) is 5.05. The summed E-state index contributed by atoms with van der Waals surface area (Å²) >= 11 is 1.50. The Morgan fingerprint density at radius 3 is 2.95 bits per heavy atom. The zero-order valence-electron chi connectivity index (χ0n) is 13.0. The molecule has 1 atom stereocenters. The normalized spacial score (nSPS) is 18.6. The molecule has 2 rings (SSSR count). The van der Waals surface area contributed by atoms with Gasteiger partial charge in [0.1, 0.15) is 5.69 Å². The number of carbonyl (C=O) groups excluding carboxylic acids is 1. The van der Waals surface area contributed by atoms with E-state index in [9.17, 15) is 4.79 Å². The van der Waals surface area contributed by atoms with Crippen LogP contribution in [0.25, 0.3) is 0 Å². The van der Waals surface area contributed by atoms with Crippen LogP contribution in [0, 0.1) is 5.92 Å². The van der Waals surface area contributed by atoms with Crippen molar-refractivity contribution in [2.24, 2.45) is 11.7 Å². The van der Waals surface area contributed by atoms with Crippen LogP contribution < -0.4 is 11.1 Å². The van der Waals surface area contributed by atoms with Crippen molar-refractivity contribution in [2.75, 3.05) is 26.2 Å². The van der Waals surface area contributed by atoms with Crippen molar-refractivity contribution in [1.29, 1.82) is 0 Å². The molecule has 0 spiro atoms. The number of likely N-dealkylation sites (tertiary alicyclic amines) is 1. The number of hydrogen-bond acceptors (Lipinski definition) is 5. The zero-order valence-corrected chi connectivity index (χ0v) is 13.8. The highest BCUT2D eigenvalue weighted by atomic mass is 32.1. The first-order valence-electron chi connectivity index (χ1n) is 7.77. The topological polar surface area (TPSA) is 71.2 Å². The van der Waals surface area contributed by atoms with Crippen molar-refractivity contribution in [3.8, 4) is 0 Å². The van der Waals surface area contributed by atoms with Crippen LogP contribution in [0.1, 0.15) is 42.2 Å². The maximum atomic E-state index is 12.1. The second-order valence-corrected chi connectivity index (χ2v) is 6.89. The molecule has 0 aliphatic carbocycles. The first kappa shape index (κ1) is 16.4. The van der Waals surface area contributed by atoms with Gasteiger partial charge < -0.3 is 11.1 Å². The second-order valence-electron chi connectivity index (χ2n) is 5.94. The maximum Gasteiger partial charge on any atom is 0.270 e. The highest BCUT2D eigenvalue weighted by molar-refractivity contribution is 7.09. The Morgan fingerprint density at radius 2 is 2.29 bits per heavy atom. The quantitative estimate of drug-likeness (QED) is 0.835. The third-order valence-electron chi connectivity index (χ3n) is 4.14. The number of aromatic nitrogens is 1. The number of carbonyl (C=O) groups is 1. The molecule has 0 saturated carbocycles. The molecule has 3 N–H and O–H groups in total. The lowest BCUT2D eigenvalue weighted by atomic mass is 9.98. The van der Waals surface area contributed by atoms with E-state index in [1.54, 1.807) is 0 Å². The molecule has 2 heterocycles. The molecule has 1 saturated heterocycles. The van der Waals surface area contributed by atoms with E-state index < -0.39 is 0 Å². The molecule has 6 heteroatoms. The van der Waals surface area contributed by atoms with Crippen molar-refractivity contribution in [1.82, 2.24) is 15.2 Å².